The molecule has 3 aromatic heterocycles. The Balaban J connectivity index is 1.51. The number of imidazole rings is 1. The van der Waals surface area contributed by atoms with Gasteiger partial charge in [-0.2, -0.15) is 5.26 Å². The number of aliphatic hydroxyl groups is 1. The standard InChI is InChI=1S/C19H19N5O2/c20-12-14-2-1-7-21-18(14)23-9-5-15(6-10-23)24-11-8-22-19(24)17-4-3-16(13-25)26-17/h1-4,7-8,11,15,25H,5-6,9-10,13H2. The number of piperidine rings is 1. The molecule has 7 nitrogen and oxygen atoms in total. The quantitative estimate of drug-likeness (QED) is 0.779. The molecule has 132 valence electrons. The highest BCUT2D eigenvalue weighted by molar-refractivity contribution is 5.54. The van der Waals surface area contributed by atoms with E-state index in [0.29, 0.717) is 23.1 Å². The van der Waals surface area contributed by atoms with E-state index in [-0.39, 0.29) is 6.61 Å². The summed E-state index contributed by atoms with van der Waals surface area (Å²) in [6, 6.07) is 9.72. The van der Waals surface area contributed by atoms with E-state index in [4.69, 9.17) is 4.42 Å². The largest absolute Gasteiger partial charge is 0.455 e. The number of rotatable bonds is 4. The van der Waals surface area contributed by atoms with Crippen molar-refractivity contribution < 1.29 is 9.52 Å². The van der Waals surface area contributed by atoms with E-state index >= 15 is 0 Å². The topological polar surface area (TPSA) is 91.1 Å². The van der Waals surface area contributed by atoms with Crippen molar-refractivity contribution in [3.05, 3.63) is 54.2 Å². The molecule has 0 aromatic carbocycles. The van der Waals surface area contributed by atoms with E-state index in [1.54, 1.807) is 30.6 Å². The van der Waals surface area contributed by atoms with Crippen LogP contribution in [-0.4, -0.2) is 32.7 Å². The Morgan fingerprint density at radius 1 is 1.19 bits per heavy atom. The second kappa shape index (κ2) is 7.02. The third-order valence-corrected chi connectivity index (χ3v) is 4.77. The van der Waals surface area contributed by atoms with Gasteiger partial charge in [-0.15, -0.1) is 0 Å². The van der Waals surface area contributed by atoms with E-state index in [0.717, 1.165) is 37.6 Å². The molecule has 1 aliphatic heterocycles. The normalized spacial score (nSPS) is 15.2. The number of nitriles is 1. The van der Waals surface area contributed by atoms with Gasteiger partial charge in [-0.05, 0) is 37.1 Å². The number of aromatic nitrogens is 3. The van der Waals surface area contributed by atoms with Gasteiger partial charge in [0, 0.05) is 37.7 Å². The first-order valence-corrected chi connectivity index (χ1v) is 8.63. The molecule has 0 unspecified atom stereocenters. The molecule has 7 heteroatoms. The second-order valence-electron chi connectivity index (χ2n) is 6.29. The van der Waals surface area contributed by atoms with Crippen LogP contribution < -0.4 is 4.90 Å². The van der Waals surface area contributed by atoms with Gasteiger partial charge in [-0.3, -0.25) is 0 Å². The third-order valence-electron chi connectivity index (χ3n) is 4.77. The number of furan rings is 1. The Hall–Kier alpha value is -3.11. The van der Waals surface area contributed by atoms with Crippen molar-refractivity contribution in [2.24, 2.45) is 0 Å². The molecule has 0 saturated carbocycles. The predicted molar refractivity (Wildman–Crippen MR) is 95.3 cm³/mol. The molecule has 4 rings (SSSR count). The average Bonchev–Trinajstić information content (AvgIpc) is 3.37. The monoisotopic (exact) mass is 349 g/mol. The first kappa shape index (κ1) is 16.4. The summed E-state index contributed by atoms with van der Waals surface area (Å²) in [7, 11) is 0. The smallest absolute Gasteiger partial charge is 0.176 e. The van der Waals surface area contributed by atoms with Crippen LogP contribution in [0.15, 0.2) is 47.3 Å². The highest BCUT2D eigenvalue weighted by Gasteiger charge is 2.25. The maximum atomic E-state index is 9.28. The van der Waals surface area contributed by atoms with Gasteiger partial charge in [-0.25, -0.2) is 9.97 Å². The van der Waals surface area contributed by atoms with E-state index in [9.17, 15) is 10.4 Å². The minimum Gasteiger partial charge on any atom is -0.455 e. The maximum absolute atomic E-state index is 9.28. The van der Waals surface area contributed by atoms with Gasteiger partial charge >= 0.3 is 0 Å². The molecule has 1 saturated heterocycles. The lowest BCUT2D eigenvalue weighted by Gasteiger charge is -2.34. The van der Waals surface area contributed by atoms with Crippen LogP contribution in [0, 0.1) is 11.3 Å². The molecule has 0 spiro atoms. The highest BCUT2D eigenvalue weighted by Crippen LogP contribution is 2.31. The molecule has 4 heterocycles. The van der Waals surface area contributed by atoms with Crippen molar-refractivity contribution in [1.29, 1.82) is 5.26 Å². The summed E-state index contributed by atoms with van der Waals surface area (Å²) >= 11 is 0. The molecule has 1 N–H and O–H groups in total. The van der Waals surface area contributed by atoms with Crippen molar-refractivity contribution in [1.82, 2.24) is 14.5 Å². The Morgan fingerprint density at radius 2 is 2.04 bits per heavy atom. The summed E-state index contributed by atoms with van der Waals surface area (Å²) in [5, 5.41) is 18.5. The number of aliphatic hydroxyl groups excluding tert-OH is 1. The van der Waals surface area contributed by atoms with Gasteiger partial charge < -0.3 is 19.0 Å². The lowest BCUT2D eigenvalue weighted by Crippen LogP contribution is -2.35. The first-order chi connectivity index (χ1) is 12.8. The summed E-state index contributed by atoms with van der Waals surface area (Å²) in [6.45, 7) is 1.53. The molecule has 1 aliphatic rings. The SMILES string of the molecule is N#Cc1cccnc1N1CCC(n2ccnc2-c2ccc(CO)o2)CC1. The van der Waals surface area contributed by atoms with Crippen molar-refractivity contribution in [2.75, 3.05) is 18.0 Å². The van der Waals surface area contributed by atoms with Crippen molar-refractivity contribution >= 4 is 5.82 Å². The molecule has 0 atom stereocenters. The second-order valence-corrected chi connectivity index (χ2v) is 6.29. The molecule has 3 aromatic rings. The predicted octanol–water partition coefficient (Wildman–Crippen LogP) is 2.74. The zero-order valence-corrected chi connectivity index (χ0v) is 14.2. The van der Waals surface area contributed by atoms with Gasteiger partial charge in [0.25, 0.3) is 0 Å². The van der Waals surface area contributed by atoms with Crippen molar-refractivity contribution in [3.8, 4) is 17.7 Å². The summed E-state index contributed by atoms with van der Waals surface area (Å²) < 4.78 is 7.78. The summed E-state index contributed by atoms with van der Waals surface area (Å²) in [6.07, 6.45) is 7.33. The van der Waals surface area contributed by atoms with Crippen LogP contribution >= 0.6 is 0 Å². The number of nitrogens with zero attached hydrogens (tertiary/aromatic N) is 5. The fourth-order valence-electron chi connectivity index (χ4n) is 3.47. The fraction of sp³-hybridized carbons (Fsp3) is 0.316. The van der Waals surface area contributed by atoms with Gasteiger partial charge in [0.1, 0.15) is 24.3 Å². The van der Waals surface area contributed by atoms with Crippen LogP contribution in [0.4, 0.5) is 5.82 Å². The summed E-state index contributed by atoms with van der Waals surface area (Å²) in [5.41, 5.74) is 0.612. The lowest BCUT2D eigenvalue weighted by atomic mass is 10.0. The Kier molecular flexibility index (Phi) is 4.42. The minimum atomic E-state index is -0.121. The van der Waals surface area contributed by atoms with Gasteiger partial charge in [-0.1, -0.05) is 0 Å². The molecule has 1 fully saturated rings. The van der Waals surface area contributed by atoms with Crippen molar-refractivity contribution in [2.45, 2.75) is 25.5 Å². The molecular formula is C19H19N5O2. The number of hydrogen-bond acceptors (Lipinski definition) is 6. The maximum Gasteiger partial charge on any atom is 0.176 e. The Labute approximate surface area is 151 Å². The van der Waals surface area contributed by atoms with Crippen LogP contribution in [0.25, 0.3) is 11.6 Å². The van der Waals surface area contributed by atoms with E-state index in [1.807, 2.05) is 12.3 Å². The Bertz CT molecular complexity index is 931. The van der Waals surface area contributed by atoms with Gasteiger partial charge in [0.15, 0.2) is 11.6 Å². The molecule has 0 aliphatic carbocycles. The zero-order chi connectivity index (χ0) is 17.9. The molecular weight excluding hydrogens is 330 g/mol. The average molecular weight is 349 g/mol. The zero-order valence-electron chi connectivity index (χ0n) is 14.2. The molecule has 0 radical (unpaired) electrons. The minimum absolute atomic E-state index is 0.121. The number of hydrogen-bond donors (Lipinski definition) is 1. The summed E-state index contributed by atoms with van der Waals surface area (Å²) in [4.78, 5) is 11.0. The third kappa shape index (κ3) is 2.95. The van der Waals surface area contributed by atoms with Crippen LogP contribution in [-0.2, 0) is 6.61 Å². The lowest BCUT2D eigenvalue weighted by molar-refractivity contribution is 0.248. The van der Waals surface area contributed by atoms with Crippen LogP contribution in [0.2, 0.25) is 0 Å². The van der Waals surface area contributed by atoms with Crippen LogP contribution in [0.1, 0.15) is 30.2 Å². The van der Waals surface area contributed by atoms with E-state index < -0.39 is 0 Å². The fourth-order valence-corrected chi connectivity index (χ4v) is 3.47. The van der Waals surface area contributed by atoms with Crippen LogP contribution in [0.5, 0.6) is 0 Å². The molecule has 26 heavy (non-hydrogen) atoms. The van der Waals surface area contributed by atoms with E-state index in [2.05, 4.69) is 25.5 Å². The number of anilines is 1. The van der Waals surface area contributed by atoms with Gasteiger partial charge in [0.2, 0.25) is 0 Å². The van der Waals surface area contributed by atoms with E-state index in [1.165, 1.54) is 0 Å². The molecule has 0 bridgehead atoms. The summed E-state index contributed by atoms with van der Waals surface area (Å²) in [5.74, 6) is 2.73. The number of pyridine rings is 1. The highest BCUT2D eigenvalue weighted by atomic mass is 16.4. The Morgan fingerprint density at radius 3 is 2.77 bits per heavy atom. The molecule has 0 amide bonds. The first-order valence-electron chi connectivity index (χ1n) is 8.63. The van der Waals surface area contributed by atoms with Crippen molar-refractivity contribution in [3.63, 3.8) is 0 Å². The van der Waals surface area contributed by atoms with Gasteiger partial charge in [0.05, 0.1) is 5.56 Å². The van der Waals surface area contributed by atoms with Crippen LogP contribution in [0.3, 0.4) is 0 Å².